The number of methoxy groups -OCH3 is 1. The first-order valence-corrected chi connectivity index (χ1v) is 9.83. The maximum Gasteiger partial charge on any atom is 0.418 e. The Labute approximate surface area is 182 Å². The van der Waals surface area contributed by atoms with Gasteiger partial charge in [-0.05, 0) is 30.3 Å². The van der Waals surface area contributed by atoms with Crippen molar-refractivity contribution in [2.24, 2.45) is 0 Å². The Balaban J connectivity index is 1.76. The first-order chi connectivity index (χ1) is 14.6. The molecule has 1 aromatic heterocycles. The molecule has 0 saturated carbocycles. The first kappa shape index (κ1) is 23.0. The Bertz CT molecular complexity index is 1150. The number of halogens is 5. The summed E-state index contributed by atoms with van der Waals surface area (Å²) in [6.07, 6.45) is -4.75. The molecule has 2 aromatic carbocycles. The molecule has 0 saturated heterocycles. The van der Waals surface area contributed by atoms with Crippen LogP contribution < -0.4 is 5.32 Å². The summed E-state index contributed by atoms with van der Waals surface area (Å²) in [6.45, 7) is -0.917. The largest absolute Gasteiger partial charge is 0.451 e. The Morgan fingerprint density at radius 1 is 1.19 bits per heavy atom. The minimum Gasteiger partial charge on any atom is -0.451 e. The normalized spacial score (nSPS) is 11.5. The lowest BCUT2D eigenvalue weighted by atomic mass is 10.1. The van der Waals surface area contributed by atoms with Crippen LogP contribution in [0.15, 0.2) is 36.4 Å². The van der Waals surface area contributed by atoms with Crippen molar-refractivity contribution in [3.8, 4) is 0 Å². The van der Waals surface area contributed by atoms with Crippen LogP contribution in [0.2, 0.25) is 5.02 Å². The summed E-state index contributed by atoms with van der Waals surface area (Å²) in [5.41, 5.74) is -1.40. The van der Waals surface area contributed by atoms with Crippen molar-refractivity contribution in [1.29, 1.82) is 0 Å². The lowest BCUT2D eigenvalue weighted by molar-refractivity contribution is -0.137. The quantitative estimate of drug-likeness (QED) is 0.369. The fourth-order valence-corrected chi connectivity index (χ4v) is 4.15. The van der Waals surface area contributed by atoms with Crippen LogP contribution in [0.1, 0.15) is 20.8 Å². The number of alkyl halides is 3. The molecule has 0 atom stereocenters. The summed E-state index contributed by atoms with van der Waals surface area (Å²) in [5, 5.41) is 2.11. The number of thiophene rings is 1. The number of rotatable bonds is 6. The van der Waals surface area contributed by atoms with Gasteiger partial charge in [0.15, 0.2) is 6.61 Å². The van der Waals surface area contributed by atoms with Gasteiger partial charge >= 0.3 is 12.1 Å². The van der Waals surface area contributed by atoms with Crippen molar-refractivity contribution in [3.05, 3.63) is 63.2 Å². The molecule has 0 spiro atoms. The highest BCUT2D eigenvalue weighted by atomic mass is 35.5. The smallest absolute Gasteiger partial charge is 0.418 e. The van der Waals surface area contributed by atoms with Crippen LogP contribution >= 0.6 is 22.9 Å². The fraction of sp³-hybridized carbons (Fsp3) is 0.200. The predicted octanol–water partition coefficient (Wildman–Crippen LogP) is 5.65. The summed E-state index contributed by atoms with van der Waals surface area (Å²) in [4.78, 5) is 24.6. The van der Waals surface area contributed by atoms with Crippen LogP contribution in [-0.2, 0) is 27.1 Å². The molecule has 1 N–H and O–H groups in total. The Kier molecular flexibility index (Phi) is 6.83. The SMILES string of the molecule is COCc1c(C(=O)OCC(=O)Nc2ccc(Cl)cc2C(F)(F)F)sc2cccc(F)c12. The maximum absolute atomic E-state index is 14.2. The number of fused-ring (bicyclic) bond motifs is 1. The zero-order valence-corrected chi connectivity index (χ0v) is 17.4. The Morgan fingerprint density at radius 2 is 1.94 bits per heavy atom. The van der Waals surface area contributed by atoms with Crippen molar-refractivity contribution in [2.45, 2.75) is 12.8 Å². The average molecular weight is 476 g/mol. The van der Waals surface area contributed by atoms with Crippen molar-refractivity contribution < 1.29 is 36.6 Å². The monoisotopic (exact) mass is 475 g/mol. The number of ether oxygens (including phenoxy) is 2. The summed E-state index contributed by atoms with van der Waals surface area (Å²) in [5.74, 6) is -2.45. The van der Waals surface area contributed by atoms with Gasteiger partial charge in [-0.2, -0.15) is 13.2 Å². The zero-order chi connectivity index (χ0) is 22.8. The second kappa shape index (κ2) is 9.21. The van der Waals surface area contributed by atoms with E-state index in [0.717, 1.165) is 17.4 Å². The summed E-state index contributed by atoms with van der Waals surface area (Å²) in [6, 6.07) is 7.19. The van der Waals surface area contributed by atoms with Crippen LogP contribution in [0.25, 0.3) is 10.1 Å². The van der Waals surface area contributed by atoms with Crippen LogP contribution in [-0.4, -0.2) is 25.6 Å². The second-order valence-electron chi connectivity index (χ2n) is 6.27. The topological polar surface area (TPSA) is 64.6 Å². The zero-order valence-electron chi connectivity index (χ0n) is 15.8. The average Bonchev–Trinajstić information content (AvgIpc) is 3.07. The molecule has 31 heavy (non-hydrogen) atoms. The van der Waals surface area contributed by atoms with Gasteiger partial charge in [0.1, 0.15) is 10.7 Å². The van der Waals surface area contributed by atoms with Crippen LogP contribution in [0.4, 0.5) is 23.2 Å². The summed E-state index contributed by atoms with van der Waals surface area (Å²) in [7, 11) is 1.37. The van der Waals surface area contributed by atoms with Crippen LogP contribution in [0.5, 0.6) is 0 Å². The number of carbonyl (C=O) groups excluding carboxylic acids is 2. The van der Waals surface area contributed by atoms with Gasteiger partial charge in [-0.3, -0.25) is 4.79 Å². The van der Waals surface area contributed by atoms with E-state index in [4.69, 9.17) is 21.1 Å². The van der Waals surface area contributed by atoms with E-state index in [9.17, 15) is 27.2 Å². The molecular weight excluding hydrogens is 462 g/mol. The van der Waals surface area contributed by atoms with Crippen LogP contribution in [0, 0.1) is 5.82 Å². The van der Waals surface area contributed by atoms with Gasteiger partial charge in [0.25, 0.3) is 5.91 Å². The molecule has 3 aromatic rings. The minimum absolute atomic E-state index is 0.0391. The number of amides is 1. The van der Waals surface area contributed by atoms with E-state index in [-0.39, 0.29) is 27.5 Å². The van der Waals surface area contributed by atoms with Gasteiger partial charge in [0.2, 0.25) is 0 Å². The molecule has 0 radical (unpaired) electrons. The predicted molar refractivity (Wildman–Crippen MR) is 108 cm³/mol. The molecule has 0 aliphatic rings. The molecule has 0 fully saturated rings. The molecule has 11 heteroatoms. The van der Waals surface area contributed by atoms with E-state index < -0.39 is 41.7 Å². The molecule has 1 heterocycles. The molecule has 5 nitrogen and oxygen atoms in total. The highest BCUT2D eigenvalue weighted by molar-refractivity contribution is 7.21. The van der Waals surface area contributed by atoms with Crippen molar-refractivity contribution in [3.63, 3.8) is 0 Å². The summed E-state index contributed by atoms with van der Waals surface area (Å²) < 4.78 is 64.0. The second-order valence-corrected chi connectivity index (χ2v) is 7.76. The van der Waals surface area contributed by atoms with E-state index in [0.29, 0.717) is 10.8 Å². The third-order valence-electron chi connectivity index (χ3n) is 4.13. The van der Waals surface area contributed by atoms with Crippen molar-refractivity contribution in [1.82, 2.24) is 0 Å². The lowest BCUT2D eigenvalue weighted by Gasteiger charge is -2.14. The van der Waals surface area contributed by atoms with Gasteiger partial charge in [-0.15, -0.1) is 11.3 Å². The van der Waals surface area contributed by atoms with E-state index in [1.807, 2.05) is 0 Å². The Hall–Kier alpha value is -2.69. The van der Waals surface area contributed by atoms with Gasteiger partial charge in [0, 0.05) is 27.8 Å². The highest BCUT2D eigenvalue weighted by Crippen LogP contribution is 2.37. The molecule has 164 valence electrons. The van der Waals surface area contributed by atoms with Gasteiger partial charge in [-0.25, -0.2) is 9.18 Å². The molecule has 0 bridgehead atoms. The molecule has 1 amide bonds. The number of nitrogens with one attached hydrogen (secondary N) is 1. The molecule has 0 unspecified atom stereocenters. The standard InChI is InChI=1S/C20H14ClF4NO4S/c1-29-8-11-17-13(22)3-2-4-15(17)31-18(11)19(28)30-9-16(27)26-14-6-5-10(21)7-12(14)20(23,24)25/h2-7H,8-9H2,1H3,(H,26,27). The maximum atomic E-state index is 14.2. The number of hydrogen-bond donors (Lipinski definition) is 1. The van der Waals surface area contributed by atoms with E-state index in [1.165, 1.54) is 25.3 Å². The van der Waals surface area contributed by atoms with Crippen molar-refractivity contribution >= 4 is 50.6 Å². The van der Waals surface area contributed by atoms with Crippen LogP contribution in [0.3, 0.4) is 0 Å². The number of carbonyl (C=O) groups is 2. The van der Waals surface area contributed by atoms with E-state index in [2.05, 4.69) is 5.32 Å². The molecule has 3 rings (SSSR count). The van der Waals surface area contributed by atoms with E-state index in [1.54, 1.807) is 6.07 Å². The van der Waals surface area contributed by atoms with E-state index >= 15 is 0 Å². The lowest BCUT2D eigenvalue weighted by Crippen LogP contribution is -2.22. The highest BCUT2D eigenvalue weighted by Gasteiger charge is 2.34. The number of anilines is 1. The summed E-state index contributed by atoms with van der Waals surface area (Å²) >= 11 is 6.56. The third-order valence-corrected chi connectivity index (χ3v) is 5.55. The minimum atomic E-state index is -4.75. The molecule has 0 aliphatic heterocycles. The first-order valence-electron chi connectivity index (χ1n) is 8.64. The molecular formula is C20H14ClF4NO4S. The third kappa shape index (κ3) is 5.15. The number of benzene rings is 2. The van der Waals surface area contributed by atoms with Gasteiger partial charge in [-0.1, -0.05) is 17.7 Å². The van der Waals surface area contributed by atoms with Gasteiger partial charge in [0.05, 0.1) is 17.9 Å². The fourth-order valence-electron chi connectivity index (χ4n) is 2.86. The Morgan fingerprint density at radius 3 is 2.61 bits per heavy atom. The van der Waals surface area contributed by atoms with Crippen molar-refractivity contribution in [2.75, 3.05) is 19.0 Å². The number of hydrogen-bond acceptors (Lipinski definition) is 5. The van der Waals surface area contributed by atoms with Gasteiger partial charge < -0.3 is 14.8 Å². The molecule has 0 aliphatic carbocycles. The number of esters is 1.